The van der Waals surface area contributed by atoms with E-state index in [1.165, 1.54) is 77.0 Å². The van der Waals surface area contributed by atoms with Gasteiger partial charge in [0.15, 0.2) is 0 Å². The van der Waals surface area contributed by atoms with Gasteiger partial charge >= 0.3 is 79.9 Å². The fourth-order valence-corrected chi connectivity index (χ4v) is 1.91. The maximum Gasteiger partial charge on any atom is 1.00 e. The van der Waals surface area contributed by atoms with Crippen molar-refractivity contribution < 1.29 is 97.0 Å². The molecule has 0 aromatic heterocycles. The molecule has 0 aliphatic heterocycles. The summed E-state index contributed by atoms with van der Waals surface area (Å²) in [6.07, 6.45) is 17.4. The maximum absolute atomic E-state index is 8.74. The SMILES string of the molecule is CCCCCCCCCCCCCC.O=S(=O)(O)O.O=S(=O)(O)O.[H-].[H-].[Na+].[Na+]. The van der Waals surface area contributed by atoms with Crippen LogP contribution in [0.1, 0.15) is 93.8 Å². The van der Waals surface area contributed by atoms with E-state index in [9.17, 15) is 0 Å². The predicted octanol–water partition coefficient (Wildman–Crippen LogP) is -1.37. The molecule has 0 unspecified atom stereocenters. The van der Waals surface area contributed by atoms with Gasteiger partial charge in [0, 0.05) is 0 Å². The van der Waals surface area contributed by atoms with E-state index in [4.69, 9.17) is 35.0 Å². The Kier molecular flexibility index (Phi) is 39.4. The van der Waals surface area contributed by atoms with Gasteiger partial charge in [0.1, 0.15) is 0 Å². The summed E-state index contributed by atoms with van der Waals surface area (Å²) >= 11 is 0. The summed E-state index contributed by atoms with van der Waals surface area (Å²) in [5.41, 5.74) is 0. The molecule has 0 heterocycles. The summed E-state index contributed by atoms with van der Waals surface area (Å²) in [5, 5.41) is 0. The fourth-order valence-electron chi connectivity index (χ4n) is 1.91. The van der Waals surface area contributed by atoms with E-state index in [0.29, 0.717) is 0 Å². The third kappa shape index (κ3) is 97.1. The van der Waals surface area contributed by atoms with Crippen molar-refractivity contribution in [2.75, 3.05) is 0 Å². The molecule has 0 aromatic carbocycles. The van der Waals surface area contributed by atoms with Crippen LogP contribution in [0.15, 0.2) is 0 Å². The predicted molar refractivity (Wildman–Crippen MR) is 97.3 cm³/mol. The minimum Gasteiger partial charge on any atom is -1.00 e. The van der Waals surface area contributed by atoms with Gasteiger partial charge in [0.2, 0.25) is 0 Å². The van der Waals surface area contributed by atoms with Crippen LogP contribution < -0.4 is 59.1 Å². The van der Waals surface area contributed by atoms with Crippen molar-refractivity contribution in [1.82, 2.24) is 0 Å². The van der Waals surface area contributed by atoms with Crippen molar-refractivity contribution in [2.24, 2.45) is 0 Å². The van der Waals surface area contributed by atoms with Crippen LogP contribution in [0.4, 0.5) is 0 Å². The summed E-state index contributed by atoms with van der Waals surface area (Å²) in [7, 11) is -9.33. The van der Waals surface area contributed by atoms with Gasteiger partial charge in [-0.1, -0.05) is 90.9 Å². The molecule has 26 heavy (non-hydrogen) atoms. The van der Waals surface area contributed by atoms with Gasteiger partial charge in [0.05, 0.1) is 0 Å². The molecule has 0 fully saturated rings. The van der Waals surface area contributed by atoms with Crippen LogP contribution in [-0.4, -0.2) is 35.0 Å². The molecule has 0 amide bonds. The minimum atomic E-state index is -4.67. The molecular weight excluding hydrogens is 406 g/mol. The normalized spacial score (nSPS) is 10.2. The molecule has 154 valence electrons. The quantitative estimate of drug-likeness (QED) is 0.174. The van der Waals surface area contributed by atoms with E-state index < -0.39 is 20.8 Å². The summed E-state index contributed by atoms with van der Waals surface area (Å²) < 4.78 is 63.2. The Morgan fingerprint density at radius 1 is 0.500 bits per heavy atom. The zero-order valence-corrected chi connectivity index (χ0v) is 22.4. The third-order valence-electron chi connectivity index (χ3n) is 2.96. The Balaban J connectivity index is -0.0000000536. The molecule has 0 aromatic rings. The third-order valence-corrected chi connectivity index (χ3v) is 2.96. The Hall–Kier alpha value is 1.74. The van der Waals surface area contributed by atoms with E-state index >= 15 is 0 Å². The molecule has 0 atom stereocenters. The van der Waals surface area contributed by atoms with Crippen molar-refractivity contribution >= 4 is 20.8 Å². The van der Waals surface area contributed by atoms with Crippen molar-refractivity contribution in [3.63, 3.8) is 0 Å². The van der Waals surface area contributed by atoms with Crippen LogP contribution >= 0.6 is 0 Å². The number of rotatable bonds is 11. The molecule has 0 saturated carbocycles. The molecule has 0 rings (SSSR count). The first-order valence-electron chi connectivity index (χ1n) is 8.31. The summed E-state index contributed by atoms with van der Waals surface area (Å²) in [6.45, 7) is 4.57. The topological polar surface area (TPSA) is 149 Å². The second kappa shape index (κ2) is 26.7. The van der Waals surface area contributed by atoms with Crippen LogP contribution in [0.3, 0.4) is 0 Å². The maximum atomic E-state index is 8.74. The smallest absolute Gasteiger partial charge is 1.00 e. The van der Waals surface area contributed by atoms with Crippen LogP contribution in [0.25, 0.3) is 0 Å². The number of hydrogen-bond donors (Lipinski definition) is 4. The molecule has 8 nitrogen and oxygen atoms in total. The second-order valence-electron chi connectivity index (χ2n) is 5.43. The molecule has 0 aliphatic rings. The Morgan fingerprint density at radius 2 is 0.615 bits per heavy atom. The molecule has 0 saturated heterocycles. The van der Waals surface area contributed by atoms with Crippen molar-refractivity contribution in [2.45, 2.75) is 90.9 Å². The summed E-state index contributed by atoms with van der Waals surface area (Å²) in [4.78, 5) is 0. The average molecular weight is 443 g/mol. The standard InChI is InChI=1S/C14H30.2Na.2H2O4S.2H/c1-3-5-7-9-11-13-14-12-10-8-6-4-2;;;2*1-5(2,3)4;;/h3-14H2,1-2H3;;;2*(H2,1,2,3,4);;/q;2*+1;;;2*-1. The first-order valence-corrected chi connectivity index (χ1v) is 11.1. The Bertz CT molecular complexity index is 394. The number of unbranched alkanes of at least 4 members (excludes halogenated alkanes) is 11. The molecular formula is C14H36Na2O8S2. The van der Waals surface area contributed by atoms with Gasteiger partial charge in [-0.15, -0.1) is 0 Å². The average Bonchev–Trinajstić information content (AvgIpc) is 2.37. The molecule has 12 heteroatoms. The van der Waals surface area contributed by atoms with Gasteiger partial charge in [0.25, 0.3) is 0 Å². The van der Waals surface area contributed by atoms with Crippen LogP contribution in [-0.2, 0) is 20.8 Å². The van der Waals surface area contributed by atoms with Crippen molar-refractivity contribution in [3.8, 4) is 0 Å². The second-order valence-corrected chi connectivity index (χ2v) is 7.22. The van der Waals surface area contributed by atoms with Gasteiger partial charge in [-0.05, 0) is 0 Å². The van der Waals surface area contributed by atoms with Gasteiger partial charge in [-0.25, -0.2) is 0 Å². The van der Waals surface area contributed by atoms with E-state index in [1.807, 2.05) is 0 Å². The van der Waals surface area contributed by atoms with Crippen LogP contribution in [0, 0.1) is 0 Å². The largest absolute Gasteiger partial charge is 1.00 e. The Morgan fingerprint density at radius 3 is 0.731 bits per heavy atom. The first kappa shape index (κ1) is 38.4. The zero-order valence-electron chi connectivity index (χ0n) is 18.7. The van der Waals surface area contributed by atoms with Gasteiger partial charge in [-0.2, -0.15) is 16.8 Å². The monoisotopic (exact) mass is 442 g/mol. The van der Waals surface area contributed by atoms with Crippen LogP contribution in [0.5, 0.6) is 0 Å². The summed E-state index contributed by atoms with van der Waals surface area (Å²) in [5.74, 6) is 0. The number of hydrogen-bond acceptors (Lipinski definition) is 4. The van der Waals surface area contributed by atoms with Crippen molar-refractivity contribution in [3.05, 3.63) is 0 Å². The minimum absolute atomic E-state index is 0. The van der Waals surface area contributed by atoms with E-state index in [2.05, 4.69) is 13.8 Å². The van der Waals surface area contributed by atoms with E-state index in [0.717, 1.165) is 0 Å². The van der Waals surface area contributed by atoms with E-state index in [-0.39, 0.29) is 62.0 Å². The Labute approximate surface area is 207 Å². The molecule has 4 N–H and O–H groups in total. The molecule has 0 aliphatic carbocycles. The summed E-state index contributed by atoms with van der Waals surface area (Å²) in [6, 6.07) is 0. The molecule has 0 spiro atoms. The van der Waals surface area contributed by atoms with Crippen LogP contribution in [0.2, 0.25) is 0 Å². The molecule has 0 bridgehead atoms. The first-order chi connectivity index (χ1) is 10.9. The fraction of sp³-hybridized carbons (Fsp3) is 1.00. The molecule has 0 radical (unpaired) electrons. The van der Waals surface area contributed by atoms with Gasteiger partial charge in [-0.3, -0.25) is 18.2 Å². The van der Waals surface area contributed by atoms with Gasteiger partial charge < -0.3 is 2.85 Å². The van der Waals surface area contributed by atoms with E-state index in [1.54, 1.807) is 0 Å². The van der Waals surface area contributed by atoms with Crippen molar-refractivity contribution in [1.29, 1.82) is 0 Å². The zero-order chi connectivity index (χ0) is 19.5.